The average molecular weight is 219 g/mol. The molecule has 2 rings (SSSR count). The van der Waals surface area contributed by atoms with Crippen LogP contribution in [0.4, 0.5) is 0 Å². The lowest BCUT2D eigenvalue weighted by molar-refractivity contribution is 0.358. The zero-order chi connectivity index (χ0) is 11.4. The molecule has 4 nitrogen and oxygen atoms in total. The van der Waals surface area contributed by atoms with Crippen LogP contribution in [0.2, 0.25) is 0 Å². The summed E-state index contributed by atoms with van der Waals surface area (Å²) in [5.41, 5.74) is 1.15. The molecule has 16 heavy (non-hydrogen) atoms. The van der Waals surface area contributed by atoms with Crippen molar-refractivity contribution in [3.63, 3.8) is 0 Å². The van der Waals surface area contributed by atoms with Crippen molar-refractivity contribution in [2.45, 2.75) is 25.8 Å². The molecule has 4 heteroatoms. The topological polar surface area (TPSA) is 49.2 Å². The van der Waals surface area contributed by atoms with Gasteiger partial charge in [-0.3, -0.25) is 5.41 Å². The quantitative estimate of drug-likeness (QED) is 0.846. The number of hydrogen-bond acceptors (Lipinski definition) is 3. The Bertz CT molecular complexity index is 378. The maximum atomic E-state index is 7.87. The van der Waals surface area contributed by atoms with Crippen LogP contribution in [0.1, 0.15) is 24.8 Å². The molecule has 0 unspecified atom stereocenters. The molecule has 0 aliphatic carbocycles. The summed E-state index contributed by atoms with van der Waals surface area (Å²) in [5, 5.41) is 7.87. The van der Waals surface area contributed by atoms with Crippen molar-refractivity contribution in [3.05, 3.63) is 23.9 Å². The number of rotatable bonds is 3. The second-order valence-electron chi connectivity index (χ2n) is 4.03. The van der Waals surface area contributed by atoms with E-state index >= 15 is 0 Å². The number of piperidine rings is 1. The number of pyridine rings is 1. The van der Waals surface area contributed by atoms with E-state index in [4.69, 9.17) is 10.1 Å². The van der Waals surface area contributed by atoms with Crippen LogP contribution < -0.4 is 4.74 Å². The molecule has 0 bridgehead atoms. The van der Waals surface area contributed by atoms with Crippen LogP contribution in [0.15, 0.2) is 18.3 Å². The summed E-state index contributed by atoms with van der Waals surface area (Å²) in [6, 6.07) is 3.91. The van der Waals surface area contributed by atoms with Gasteiger partial charge in [-0.25, -0.2) is 4.98 Å². The number of nitrogens with zero attached hydrogens (tertiary/aromatic N) is 2. The van der Waals surface area contributed by atoms with Gasteiger partial charge in [0, 0.05) is 31.8 Å². The Balaban J connectivity index is 2.04. The van der Waals surface area contributed by atoms with Crippen molar-refractivity contribution in [1.82, 2.24) is 9.88 Å². The standard InChI is InChI=1S/C12H17N3O/c1-16-12-8-10(5-6-14-12)9-15-7-3-2-4-11(15)13/h5-6,8,13H,2-4,7,9H2,1H3. The first kappa shape index (κ1) is 10.9. The largest absolute Gasteiger partial charge is 0.481 e. The van der Waals surface area contributed by atoms with Crippen molar-refractivity contribution < 1.29 is 4.74 Å². The predicted molar refractivity (Wildman–Crippen MR) is 62.8 cm³/mol. The van der Waals surface area contributed by atoms with E-state index in [0.717, 1.165) is 37.3 Å². The molecule has 0 aromatic carbocycles. The molecule has 0 atom stereocenters. The molecule has 1 fully saturated rings. The van der Waals surface area contributed by atoms with Gasteiger partial charge in [-0.2, -0.15) is 0 Å². The van der Waals surface area contributed by atoms with Gasteiger partial charge in [0.25, 0.3) is 0 Å². The Morgan fingerprint density at radius 1 is 1.50 bits per heavy atom. The van der Waals surface area contributed by atoms with Gasteiger partial charge in [-0.05, 0) is 24.5 Å². The molecule has 0 spiro atoms. The molecule has 1 aliphatic heterocycles. The van der Waals surface area contributed by atoms with Crippen molar-refractivity contribution in [3.8, 4) is 5.88 Å². The minimum Gasteiger partial charge on any atom is -0.481 e. The maximum absolute atomic E-state index is 7.87. The third-order valence-corrected chi connectivity index (χ3v) is 2.86. The molecule has 1 aromatic heterocycles. The number of ether oxygens (including phenoxy) is 1. The van der Waals surface area contributed by atoms with E-state index in [9.17, 15) is 0 Å². The van der Waals surface area contributed by atoms with E-state index in [2.05, 4.69) is 9.88 Å². The fourth-order valence-electron chi connectivity index (χ4n) is 1.94. The highest BCUT2D eigenvalue weighted by Crippen LogP contribution is 2.16. The third-order valence-electron chi connectivity index (χ3n) is 2.86. The van der Waals surface area contributed by atoms with Crippen LogP contribution in [0.25, 0.3) is 0 Å². The number of likely N-dealkylation sites (tertiary alicyclic amines) is 1. The van der Waals surface area contributed by atoms with Crippen LogP contribution in [-0.4, -0.2) is 29.4 Å². The molecular formula is C12H17N3O. The van der Waals surface area contributed by atoms with Gasteiger partial charge >= 0.3 is 0 Å². The summed E-state index contributed by atoms with van der Waals surface area (Å²) < 4.78 is 5.09. The number of amidine groups is 1. The van der Waals surface area contributed by atoms with Gasteiger partial charge in [-0.15, -0.1) is 0 Å². The first-order valence-electron chi connectivity index (χ1n) is 5.61. The fraction of sp³-hybridized carbons (Fsp3) is 0.500. The molecule has 1 N–H and O–H groups in total. The minimum absolute atomic E-state index is 0.640. The number of hydrogen-bond donors (Lipinski definition) is 1. The highest BCUT2D eigenvalue weighted by Gasteiger charge is 2.14. The van der Waals surface area contributed by atoms with Gasteiger partial charge < -0.3 is 9.64 Å². The molecule has 0 radical (unpaired) electrons. The summed E-state index contributed by atoms with van der Waals surface area (Å²) in [6.07, 6.45) is 4.99. The van der Waals surface area contributed by atoms with Crippen LogP contribution >= 0.6 is 0 Å². The number of nitrogens with one attached hydrogen (secondary N) is 1. The Kier molecular flexibility index (Phi) is 3.39. The van der Waals surface area contributed by atoms with E-state index in [1.54, 1.807) is 13.3 Å². The zero-order valence-electron chi connectivity index (χ0n) is 9.57. The van der Waals surface area contributed by atoms with Gasteiger partial charge in [0.05, 0.1) is 12.9 Å². The fourth-order valence-corrected chi connectivity index (χ4v) is 1.94. The summed E-state index contributed by atoms with van der Waals surface area (Å²) in [6.45, 7) is 1.78. The van der Waals surface area contributed by atoms with Crippen molar-refractivity contribution >= 4 is 5.84 Å². The van der Waals surface area contributed by atoms with E-state index in [1.807, 2.05) is 12.1 Å². The Labute approximate surface area is 95.8 Å². The van der Waals surface area contributed by atoms with Gasteiger partial charge in [0.2, 0.25) is 5.88 Å². The Morgan fingerprint density at radius 2 is 2.38 bits per heavy atom. The van der Waals surface area contributed by atoms with Crippen LogP contribution in [0.3, 0.4) is 0 Å². The lowest BCUT2D eigenvalue weighted by Gasteiger charge is -2.29. The van der Waals surface area contributed by atoms with Crippen molar-refractivity contribution in [2.75, 3.05) is 13.7 Å². The molecule has 0 saturated carbocycles. The van der Waals surface area contributed by atoms with E-state index in [0.29, 0.717) is 5.88 Å². The molecule has 1 aliphatic rings. The summed E-state index contributed by atoms with van der Waals surface area (Å²) in [4.78, 5) is 6.20. The van der Waals surface area contributed by atoms with Crippen molar-refractivity contribution in [1.29, 1.82) is 5.41 Å². The summed E-state index contributed by atoms with van der Waals surface area (Å²) in [5.74, 6) is 1.39. The molecule has 0 amide bonds. The molecule has 86 valence electrons. The second kappa shape index (κ2) is 4.96. The van der Waals surface area contributed by atoms with Gasteiger partial charge in [-0.1, -0.05) is 0 Å². The molecule has 1 aromatic rings. The highest BCUT2D eigenvalue weighted by molar-refractivity contribution is 5.79. The summed E-state index contributed by atoms with van der Waals surface area (Å²) in [7, 11) is 1.62. The first-order valence-corrected chi connectivity index (χ1v) is 5.61. The van der Waals surface area contributed by atoms with Crippen LogP contribution in [0.5, 0.6) is 5.88 Å². The maximum Gasteiger partial charge on any atom is 0.213 e. The third kappa shape index (κ3) is 2.51. The lowest BCUT2D eigenvalue weighted by Crippen LogP contribution is -2.34. The first-order chi connectivity index (χ1) is 7.79. The second-order valence-corrected chi connectivity index (χ2v) is 4.03. The highest BCUT2D eigenvalue weighted by atomic mass is 16.5. The lowest BCUT2D eigenvalue weighted by atomic mass is 10.1. The average Bonchev–Trinajstić information content (AvgIpc) is 2.32. The Hall–Kier alpha value is -1.58. The number of methoxy groups -OCH3 is 1. The van der Waals surface area contributed by atoms with Gasteiger partial charge in [0.1, 0.15) is 0 Å². The molecule has 1 saturated heterocycles. The Morgan fingerprint density at radius 3 is 3.12 bits per heavy atom. The van der Waals surface area contributed by atoms with E-state index in [1.165, 1.54) is 6.42 Å². The normalized spacial score (nSPS) is 16.3. The number of aromatic nitrogens is 1. The van der Waals surface area contributed by atoms with Crippen molar-refractivity contribution in [2.24, 2.45) is 0 Å². The molecule has 2 heterocycles. The SMILES string of the molecule is COc1cc(CN2CCCCC2=N)ccn1. The van der Waals surface area contributed by atoms with Crippen LogP contribution in [0, 0.1) is 5.41 Å². The molecular weight excluding hydrogens is 202 g/mol. The van der Waals surface area contributed by atoms with Gasteiger partial charge in [0.15, 0.2) is 0 Å². The monoisotopic (exact) mass is 219 g/mol. The summed E-state index contributed by atoms with van der Waals surface area (Å²) >= 11 is 0. The van der Waals surface area contributed by atoms with E-state index in [-0.39, 0.29) is 0 Å². The smallest absolute Gasteiger partial charge is 0.213 e. The van der Waals surface area contributed by atoms with Crippen LogP contribution in [-0.2, 0) is 6.54 Å². The zero-order valence-corrected chi connectivity index (χ0v) is 9.57. The minimum atomic E-state index is 0.640. The predicted octanol–water partition coefficient (Wildman–Crippen LogP) is 2.05. The van der Waals surface area contributed by atoms with E-state index < -0.39 is 0 Å².